The van der Waals surface area contributed by atoms with Gasteiger partial charge in [-0.15, -0.1) is 0 Å². The van der Waals surface area contributed by atoms with E-state index < -0.39 is 34.9 Å². The quantitative estimate of drug-likeness (QED) is 0.155. The Labute approximate surface area is 302 Å². The summed E-state index contributed by atoms with van der Waals surface area (Å²) < 4.78 is 5.54. The summed E-state index contributed by atoms with van der Waals surface area (Å²) >= 11 is 0. The number of carbonyl (C=O) groups is 6. The fourth-order valence-corrected chi connectivity index (χ4v) is 6.81. The number of anilines is 4. The number of amides is 2. The third-order valence-electron chi connectivity index (χ3n) is 9.29. The van der Waals surface area contributed by atoms with E-state index in [1.54, 1.807) is 103 Å². The summed E-state index contributed by atoms with van der Waals surface area (Å²) in [5, 5.41) is 8.74. The molecule has 10 heteroatoms. The maximum atomic E-state index is 14.5. The van der Waals surface area contributed by atoms with Crippen LogP contribution < -0.4 is 20.7 Å². The average molecular weight is 698 g/mol. The molecule has 0 spiro atoms. The highest BCUT2D eigenvalue weighted by atomic mass is 16.5. The van der Waals surface area contributed by atoms with Crippen molar-refractivity contribution in [1.29, 1.82) is 0 Å². The van der Waals surface area contributed by atoms with E-state index in [1.165, 1.54) is 31.4 Å². The Morgan fingerprint density at radius 2 is 0.849 bits per heavy atom. The lowest BCUT2D eigenvalue weighted by atomic mass is 9.81. The Morgan fingerprint density at radius 3 is 1.42 bits per heavy atom. The van der Waals surface area contributed by atoms with Crippen LogP contribution in [0.25, 0.3) is 0 Å². The normalized spacial score (nSPS) is 12.5. The third kappa shape index (κ3) is 5.46. The number of ether oxygens (including phenoxy) is 1. The van der Waals surface area contributed by atoms with E-state index in [1.807, 2.05) is 0 Å². The largest absolute Gasteiger partial charge is 0.496 e. The minimum absolute atomic E-state index is 0.00404. The molecule has 0 saturated heterocycles. The highest BCUT2D eigenvalue weighted by Crippen LogP contribution is 2.42. The Morgan fingerprint density at radius 1 is 0.415 bits per heavy atom. The van der Waals surface area contributed by atoms with Crippen molar-refractivity contribution >= 4 is 57.7 Å². The van der Waals surface area contributed by atoms with E-state index in [2.05, 4.69) is 16.0 Å². The summed E-state index contributed by atoms with van der Waals surface area (Å²) in [4.78, 5) is 83.3. The summed E-state index contributed by atoms with van der Waals surface area (Å²) in [6, 6.07) is 34.1. The summed E-state index contributed by atoms with van der Waals surface area (Å²) in [5.41, 5.74) is 1.75. The van der Waals surface area contributed by atoms with Crippen molar-refractivity contribution in [3.05, 3.63) is 183 Å². The van der Waals surface area contributed by atoms with Gasteiger partial charge >= 0.3 is 0 Å². The third-order valence-corrected chi connectivity index (χ3v) is 9.29. The van der Waals surface area contributed by atoms with Gasteiger partial charge in [0, 0.05) is 27.8 Å². The van der Waals surface area contributed by atoms with Gasteiger partial charge < -0.3 is 20.7 Å². The van der Waals surface area contributed by atoms with Gasteiger partial charge in [0.2, 0.25) is 0 Å². The molecule has 0 bridgehead atoms. The van der Waals surface area contributed by atoms with Crippen LogP contribution in [0.5, 0.6) is 5.75 Å². The molecule has 0 aromatic heterocycles. The molecular formula is C43H27N3O7. The molecule has 3 N–H and O–H groups in total. The van der Waals surface area contributed by atoms with Crippen LogP contribution in [-0.4, -0.2) is 42.1 Å². The molecule has 10 nitrogen and oxygen atoms in total. The predicted octanol–water partition coefficient (Wildman–Crippen LogP) is 7.49. The van der Waals surface area contributed by atoms with Crippen molar-refractivity contribution in [2.75, 3.05) is 23.1 Å². The van der Waals surface area contributed by atoms with Gasteiger partial charge in [-0.3, -0.25) is 28.8 Å². The van der Waals surface area contributed by atoms with Crippen molar-refractivity contribution in [2.24, 2.45) is 0 Å². The first-order valence-corrected chi connectivity index (χ1v) is 16.6. The van der Waals surface area contributed by atoms with Gasteiger partial charge in [0.15, 0.2) is 23.1 Å². The van der Waals surface area contributed by atoms with Crippen LogP contribution in [0.15, 0.2) is 127 Å². The summed E-state index contributed by atoms with van der Waals surface area (Å²) in [6.07, 6.45) is 0. The first-order valence-electron chi connectivity index (χ1n) is 16.6. The van der Waals surface area contributed by atoms with E-state index in [0.717, 1.165) is 0 Å². The molecule has 0 unspecified atom stereocenters. The number of methoxy groups -OCH3 is 1. The van der Waals surface area contributed by atoms with Crippen LogP contribution in [0.1, 0.15) is 84.4 Å². The van der Waals surface area contributed by atoms with E-state index in [0.29, 0.717) is 11.1 Å². The van der Waals surface area contributed by atoms with Crippen LogP contribution in [-0.2, 0) is 0 Å². The summed E-state index contributed by atoms with van der Waals surface area (Å²) in [6.45, 7) is 0. The molecule has 0 saturated carbocycles. The molecule has 0 heterocycles. The molecule has 0 atom stereocenters. The number of benzene rings is 6. The number of carbonyl (C=O) groups excluding carboxylic acids is 6. The van der Waals surface area contributed by atoms with Crippen LogP contribution in [0.2, 0.25) is 0 Å². The van der Waals surface area contributed by atoms with Gasteiger partial charge in [-0.05, 0) is 54.6 Å². The molecule has 0 fully saturated rings. The SMILES string of the molecule is COc1ccc(NC(=O)c2ccccc2)c2c1C(=O)c1c(Nc3ccc(NC(=O)c4ccccc4)c4c3C(=O)c3ccccc3C4=O)cccc1C2=O. The second kappa shape index (κ2) is 13.0. The molecule has 6 aromatic carbocycles. The maximum absolute atomic E-state index is 14.5. The molecule has 256 valence electrons. The van der Waals surface area contributed by atoms with Gasteiger partial charge in [0.05, 0.1) is 57.7 Å². The fraction of sp³-hybridized carbons (Fsp3) is 0.0233. The molecular weight excluding hydrogens is 670 g/mol. The lowest BCUT2D eigenvalue weighted by Gasteiger charge is -2.26. The molecule has 2 aliphatic carbocycles. The predicted molar refractivity (Wildman–Crippen MR) is 198 cm³/mol. The van der Waals surface area contributed by atoms with Crippen LogP contribution in [0, 0.1) is 0 Å². The number of nitrogens with one attached hydrogen (secondary N) is 3. The fourth-order valence-electron chi connectivity index (χ4n) is 6.81. The minimum Gasteiger partial charge on any atom is -0.496 e. The topological polar surface area (TPSA) is 148 Å². The molecule has 0 aliphatic heterocycles. The average Bonchev–Trinajstić information content (AvgIpc) is 3.19. The van der Waals surface area contributed by atoms with Gasteiger partial charge in [-0.1, -0.05) is 72.8 Å². The Hall–Kier alpha value is -7.46. The lowest BCUT2D eigenvalue weighted by molar-refractivity contribution is 0.0976. The molecule has 53 heavy (non-hydrogen) atoms. The van der Waals surface area contributed by atoms with Crippen LogP contribution in [0.3, 0.4) is 0 Å². The molecule has 2 amide bonds. The van der Waals surface area contributed by atoms with Crippen molar-refractivity contribution in [3.63, 3.8) is 0 Å². The highest BCUT2D eigenvalue weighted by molar-refractivity contribution is 6.35. The molecule has 8 rings (SSSR count). The highest BCUT2D eigenvalue weighted by Gasteiger charge is 2.38. The monoisotopic (exact) mass is 697 g/mol. The van der Waals surface area contributed by atoms with Crippen molar-refractivity contribution < 1.29 is 33.5 Å². The molecule has 2 aliphatic rings. The minimum atomic E-state index is -0.557. The zero-order valence-electron chi connectivity index (χ0n) is 28.0. The zero-order valence-corrected chi connectivity index (χ0v) is 28.0. The smallest absolute Gasteiger partial charge is 0.255 e. The van der Waals surface area contributed by atoms with Gasteiger partial charge in [0.25, 0.3) is 11.8 Å². The molecule has 6 aromatic rings. The first-order chi connectivity index (χ1) is 25.8. The van der Waals surface area contributed by atoms with Gasteiger partial charge in [-0.25, -0.2) is 0 Å². The molecule has 0 radical (unpaired) electrons. The van der Waals surface area contributed by atoms with E-state index in [-0.39, 0.29) is 73.0 Å². The maximum Gasteiger partial charge on any atom is 0.255 e. The Bertz CT molecular complexity index is 2580. The van der Waals surface area contributed by atoms with Crippen molar-refractivity contribution in [3.8, 4) is 5.75 Å². The Balaban J connectivity index is 1.22. The van der Waals surface area contributed by atoms with Crippen LogP contribution in [0.4, 0.5) is 22.7 Å². The van der Waals surface area contributed by atoms with E-state index in [4.69, 9.17) is 4.74 Å². The number of ketones is 4. The number of hydrogen-bond donors (Lipinski definition) is 3. The zero-order chi connectivity index (χ0) is 36.8. The van der Waals surface area contributed by atoms with Gasteiger partial charge in [0.1, 0.15) is 5.75 Å². The number of fused-ring (bicyclic) bond motifs is 4. The Kier molecular flexibility index (Phi) is 8.04. The van der Waals surface area contributed by atoms with E-state index >= 15 is 0 Å². The van der Waals surface area contributed by atoms with Crippen LogP contribution >= 0.6 is 0 Å². The van der Waals surface area contributed by atoms with Gasteiger partial charge in [-0.2, -0.15) is 0 Å². The standard InChI is InChI=1S/C43H27N3O7/c1-53-32-22-21-31(46-43(52)24-13-6-3-7-14-24)36-37(32)41(50)33-27(40(36)49)17-10-18-28(33)44-29-19-20-30(45-42(51)23-11-4-2-5-12-23)35-34(29)38(47)25-15-8-9-16-26(25)39(35)48/h2-22,44H,1H3,(H,45,51)(H,46,52). The van der Waals surface area contributed by atoms with Crippen molar-refractivity contribution in [2.45, 2.75) is 0 Å². The lowest BCUT2D eigenvalue weighted by Crippen LogP contribution is -2.26. The van der Waals surface area contributed by atoms with E-state index in [9.17, 15) is 28.8 Å². The second-order valence-electron chi connectivity index (χ2n) is 12.3. The summed E-state index contributed by atoms with van der Waals surface area (Å²) in [7, 11) is 1.38. The van der Waals surface area contributed by atoms with Crippen molar-refractivity contribution in [1.82, 2.24) is 0 Å². The number of hydrogen-bond acceptors (Lipinski definition) is 8. The number of rotatable bonds is 7. The summed E-state index contributed by atoms with van der Waals surface area (Å²) in [5.74, 6) is -2.82. The first kappa shape index (κ1) is 32.7. The second-order valence-corrected chi connectivity index (χ2v) is 12.3.